The number of fused-ring (bicyclic) bond motifs is 3. The van der Waals surface area contributed by atoms with Crippen LogP contribution >= 0.6 is 11.3 Å². The third kappa shape index (κ3) is 3.75. The highest BCUT2D eigenvalue weighted by atomic mass is 32.1. The first-order valence-electron chi connectivity index (χ1n) is 11.0. The molecule has 0 spiro atoms. The summed E-state index contributed by atoms with van der Waals surface area (Å²) >= 11 is 1.67. The van der Waals surface area contributed by atoms with E-state index in [0.29, 0.717) is 24.5 Å². The van der Waals surface area contributed by atoms with Crippen molar-refractivity contribution in [2.75, 3.05) is 6.61 Å². The van der Waals surface area contributed by atoms with Crippen molar-refractivity contribution in [3.05, 3.63) is 86.5 Å². The topological polar surface area (TPSA) is 61.2 Å². The van der Waals surface area contributed by atoms with Crippen molar-refractivity contribution in [1.29, 1.82) is 0 Å². The standard InChI is InChI=1S/C26H24N2O3S/c1-2-31-26(30)19-14-12-17(13-15-19)16-28-23(18-8-4-3-5-9-18)27-24-22(25(28)29)20-10-6-7-11-21(20)32-24/h3-5,8-9,12-15H,2,6-7,10-11,16H2,1H3. The van der Waals surface area contributed by atoms with Gasteiger partial charge < -0.3 is 4.74 Å². The number of esters is 1. The molecule has 4 aromatic rings. The van der Waals surface area contributed by atoms with Gasteiger partial charge in [-0.05, 0) is 55.9 Å². The molecule has 162 valence electrons. The van der Waals surface area contributed by atoms with Gasteiger partial charge in [0.1, 0.15) is 10.7 Å². The van der Waals surface area contributed by atoms with Gasteiger partial charge in [0.25, 0.3) is 5.56 Å². The van der Waals surface area contributed by atoms with E-state index in [1.165, 1.54) is 16.9 Å². The smallest absolute Gasteiger partial charge is 0.338 e. The van der Waals surface area contributed by atoms with Gasteiger partial charge in [-0.15, -0.1) is 11.3 Å². The van der Waals surface area contributed by atoms with E-state index in [0.717, 1.165) is 40.6 Å². The lowest BCUT2D eigenvalue weighted by atomic mass is 9.97. The highest BCUT2D eigenvalue weighted by molar-refractivity contribution is 7.18. The van der Waals surface area contributed by atoms with Crippen LogP contribution in [0.15, 0.2) is 59.4 Å². The van der Waals surface area contributed by atoms with Gasteiger partial charge in [-0.2, -0.15) is 0 Å². The molecule has 5 rings (SSSR count). The van der Waals surface area contributed by atoms with Gasteiger partial charge in [0.15, 0.2) is 0 Å². The molecule has 0 fully saturated rings. The number of nitrogens with zero attached hydrogens (tertiary/aromatic N) is 2. The molecule has 1 aliphatic carbocycles. The van der Waals surface area contributed by atoms with E-state index in [4.69, 9.17) is 9.72 Å². The molecule has 0 saturated carbocycles. The summed E-state index contributed by atoms with van der Waals surface area (Å²) in [6.45, 7) is 2.52. The molecule has 2 heterocycles. The Kier molecular flexibility index (Phi) is 5.62. The van der Waals surface area contributed by atoms with Gasteiger partial charge in [0.2, 0.25) is 0 Å². The molecule has 0 aliphatic heterocycles. The molecule has 1 aliphatic rings. The zero-order valence-electron chi connectivity index (χ0n) is 18.0. The maximum atomic E-state index is 13.8. The molecule has 0 unspecified atom stereocenters. The number of benzene rings is 2. The molecule has 6 heteroatoms. The number of aryl methyl sites for hydroxylation is 2. The summed E-state index contributed by atoms with van der Waals surface area (Å²) in [4.78, 5) is 32.9. The molecular weight excluding hydrogens is 420 g/mol. The Hall–Kier alpha value is -3.25. The summed E-state index contributed by atoms with van der Waals surface area (Å²) in [7, 11) is 0. The predicted molar refractivity (Wildman–Crippen MR) is 127 cm³/mol. The highest BCUT2D eigenvalue weighted by Crippen LogP contribution is 2.35. The van der Waals surface area contributed by atoms with Crippen molar-refractivity contribution >= 4 is 27.5 Å². The van der Waals surface area contributed by atoms with Crippen LogP contribution in [0, 0.1) is 0 Å². The normalized spacial score (nSPS) is 13.2. The number of rotatable bonds is 5. The fourth-order valence-corrected chi connectivity index (χ4v) is 5.59. The van der Waals surface area contributed by atoms with Crippen molar-refractivity contribution in [2.45, 2.75) is 39.2 Å². The molecule has 2 aromatic carbocycles. The van der Waals surface area contributed by atoms with Crippen molar-refractivity contribution in [1.82, 2.24) is 9.55 Å². The van der Waals surface area contributed by atoms with E-state index in [1.807, 2.05) is 42.5 Å². The van der Waals surface area contributed by atoms with Crippen LogP contribution in [0.2, 0.25) is 0 Å². The molecule has 0 bridgehead atoms. The zero-order chi connectivity index (χ0) is 22.1. The number of carbonyl (C=O) groups excluding carboxylic acids is 1. The third-order valence-corrected chi connectivity index (χ3v) is 7.10. The first-order chi connectivity index (χ1) is 15.7. The van der Waals surface area contributed by atoms with Crippen LogP contribution in [0.4, 0.5) is 0 Å². The maximum absolute atomic E-state index is 13.8. The van der Waals surface area contributed by atoms with Crippen LogP contribution < -0.4 is 5.56 Å². The van der Waals surface area contributed by atoms with E-state index in [1.54, 1.807) is 35.0 Å². The summed E-state index contributed by atoms with van der Waals surface area (Å²) < 4.78 is 6.85. The van der Waals surface area contributed by atoms with Crippen LogP contribution in [-0.4, -0.2) is 22.1 Å². The molecule has 0 amide bonds. The summed E-state index contributed by atoms with van der Waals surface area (Å²) in [5.41, 5.74) is 3.57. The Balaban J connectivity index is 1.63. The van der Waals surface area contributed by atoms with Crippen LogP contribution in [-0.2, 0) is 24.1 Å². The lowest BCUT2D eigenvalue weighted by molar-refractivity contribution is 0.0526. The molecular formula is C26H24N2O3S. The Morgan fingerprint density at radius 2 is 1.81 bits per heavy atom. The van der Waals surface area contributed by atoms with Gasteiger partial charge in [-0.1, -0.05) is 42.5 Å². The average Bonchev–Trinajstić information content (AvgIpc) is 3.20. The summed E-state index contributed by atoms with van der Waals surface area (Å²) in [5, 5.41) is 0.785. The SMILES string of the molecule is CCOC(=O)c1ccc(Cn2c(-c3ccccc3)nc3sc4c(c3c2=O)CCCC4)cc1. The third-order valence-electron chi connectivity index (χ3n) is 5.91. The summed E-state index contributed by atoms with van der Waals surface area (Å²) in [6.07, 6.45) is 4.28. The number of hydrogen-bond acceptors (Lipinski definition) is 5. The Labute approximate surface area is 190 Å². The monoisotopic (exact) mass is 444 g/mol. The first-order valence-corrected chi connectivity index (χ1v) is 11.8. The van der Waals surface area contributed by atoms with Crippen molar-refractivity contribution < 1.29 is 9.53 Å². The van der Waals surface area contributed by atoms with Crippen LogP contribution in [0.5, 0.6) is 0 Å². The zero-order valence-corrected chi connectivity index (χ0v) is 18.8. The average molecular weight is 445 g/mol. The lowest BCUT2D eigenvalue weighted by Crippen LogP contribution is -2.24. The number of hydrogen-bond donors (Lipinski definition) is 0. The Morgan fingerprint density at radius 3 is 2.56 bits per heavy atom. The minimum atomic E-state index is -0.339. The fourth-order valence-electron chi connectivity index (χ4n) is 4.34. The second-order valence-corrected chi connectivity index (χ2v) is 9.08. The fraction of sp³-hybridized carbons (Fsp3) is 0.269. The van der Waals surface area contributed by atoms with Gasteiger partial charge in [0, 0.05) is 10.4 Å². The number of thiophene rings is 1. The van der Waals surface area contributed by atoms with Crippen molar-refractivity contribution in [3.8, 4) is 11.4 Å². The van der Waals surface area contributed by atoms with Gasteiger partial charge >= 0.3 is 5.97 Å². The number of aromatic nitrogens is 2. The second-order valence-electron chi connectivity index (χ2n) is 8.00. The van der Waals surface area contributed by atoms with Crippen LogP contribution in [0.25, 0.3) is 21.6 Å². The van der Waals surface area contributed by atoms with Crippen LogP contribution in [0.1, 0.15) is 46.1 Å². The number of carbonyl (C=O) groups is 1. The first kappa shape index (κ1) is 20.6. The maximum Gasteiger partial charge on any atom is 0.338 e. The quantitative estimate of drug-likeness (QED) is 0.396. The van der Waals surface area contributed by atoms with E-state index < -0.39 is 0 Å². The summed E-state index contributed by atoms with van der Waals surface area (Å²) in [6, 6.07) is 17.1. The minimum Gasteiger partial charge on any atom is -0.462 e. The molecule has 5 nitrogen and oxygen atoms in total. The summed E-state index contributed by atoms with van der Waals surface area (Å²) in [5.74, 6) is 0.338. The predicted octanol–water partition coefficient (Wildman–Crippen LogP) is 5.23. The van der Waals surface area contributed by atoms with Crippen molar-refractivity contribution in [3.63, 3.8) is 0 Å². The molecule has 2 aromatic heterocycles. The Morgan fingerprint density at radius 1 is 1.06 bits per heavy atom. The molecule has 0 atom stereocenters. The molecule has 0 radical (unpaired) electrons. The molecule has 32 heavy (non-hydrogen) atoms. The van der Waals surface area contributed by atoms with E-state index in [2.05, 4.69) is 0 Å². The lowest BCUT2D eigenvalue weighted by Gasteiger charge is -2.14. The van der Waals surface area contributed by atoms with Gasteiger partial charge in [0.05, 0.1) is 24.1 Å². The second kappa shape index (κ2) is 8.71. The van der Waals surface area contributed by atoms with Gasteiger partial charge in [-0.3, -0.25) is 9.36 Å². The highest BCUT2D eigenvalue weighted by Gasteiger charge is 2.22. The van der Waals surface area contributed by atoms with Gasteiger partial charge in [-0.25, -0.2) is 9.78 Å². The largest absolute Gasteiger partial charge is 0.462 e. The molecule has 0 N–H and O–H groups in total. The Bertz CT molecular complexity index is 1340. The molecule has 0 saturated heterocycles. The van der Waals surface area contributed by atoms with E-state index >= 15 is 0 Å². The van der Waals surface area contributed by atoms with E-state index in [-0.39, 0.29) is 11.5 Å². The number of ether oxygens (including phenoxy) is 1. The van der Waals surface area contributed by atoms with Crippen molar-refractivity contribution in [2.24, 2.45) is 0 Å². The van der Waals surface area contributed by atoms with Crippen LogP contribution in [0.3, 0.4) is 0 Å². The minimum absolute atomic E-state index is 0.0164. The van der Waals surface area contributed by atoms with E-state index in [9.17, 15) is 9.59 Å².